The summed E-state index contributed by atoms with van der Waals surface area (Å²) in [7, 11) is 2.07. The molecule has 0 unspecified atom stereocenters. The predicted octanol–water partition coefficient (Wildman–Crippen LogP) is 1.44. The van der Waals surface area contributed by atoms with Crippen molar-refractivity contribution in [1.29, 1.82) is 0 Å². The first-order valence-corrected chi connectivity index (χ1v) is 9.69. The zero-order chi connectivity index (χ0) is 19.3. The van der Waals surface area contributed by atoms with Crippen molar-refractivity contribution in [2.45, 2.75) is 0 Å². The summed E-state index contributed by atoms with van der Waals surface area (Å²) in [6.07, 6.45) is 1.45. The van der Waals surface area contributed by atoms with E-state index in [0.29, 0.717) is 11.5 Å². The zero-order valence-corrected chi connectivity index (χ0v) is 16.2. The smallest absolute Gasteiger partial charge is 0.272 e. The average molecular weight is 382 g/mol. The number of piperazine rings is 1. The summed E-state index contributed by atoms with van der Waals surface area (Å²) >= 11 is 0. The molecule has 1 aromatic heterocycles. The summed E-state index contributed by atoms with van der Waals surface area (Å²) in [4.78, 5) is 27.7. The number of carbonyl (C=O) groups is 1. The number of nitrogens with zero attached hydrogens (tertiary/aromatic N) is 5. The van der Waals surface area contributed by atoms with Gasteiger partial charge in [0.05, 0.1) is 24.6 Å². The summed E-state index contributed by atoms with van der Waals surface area (Å²) in [5.41, 5.74) is 2.49. The SMILES string of the molecule is CN1CCN(C(=O)c2cc(Nc3ccccc3N3CCOCC3)ncn2)CC1. The van der Waals surface area contributed by atoms with Gasteiger partial charge in [0.25, 0.3) is 5.91 Å². The maximum Gasteiger partial charge on any atom is 0.272 e. The fourth-order valence-corrected chi connectivity index (χ4v) is 3.51. The Kier molecular flexibility index (Phi) is 5.68. The highest BCUT2D eigenvalue weighted by Gasteiger charge is 2.22. The molecule has 8 heteroatoms. The molecule has 4 rings (SSSR count). The molecule has 0 radical (unpaired) electrons. The second kappa shape index (κ2) is 8.53. The number of nitrogens with one attached hydrogen (secondary N) is 1. The molecule has 0 atom stereocenters. The molecular formula is C20H26N6O2. The van der Waals surface area contributed by atoms with Crippen molar-refractivity contribution in [3.8, 4) is 0 Å². The Bertz CT molecular complexity index is 816. The lowest BCUT2D eigenvalue weighted by Gasteiger charge is -2.32. The number of hydrogen-bond acceptors (Lipinski definition) is 7. The second-order valence-corrected chi connectivity index (χ2v) is 7.13. The summed E-state index contributed by atoms with van der Waals surface area (Å²) in [6, 6.07) is 9.86. The van der Waals surface area contributed by atoms with Crippen LogP contribution in [0.4, 0.5) is 17.2 Å². The fourth-order valence-electron chi connectivity index (χ4n) is 3.51. The Balaban J connectivity index is 1.50. The second-order valence-electron chi connectivity index (χ2n) is 7.13. The van der Waals surface area contributed by atoms with Crippen LogP contribution >= 0.6 is 0 Å². The van der Waals surface area contributed by atoms with Crippen LogP contribution in [0.2, 0.25) is 0 Å². The van der Waals surface area contributed by atoms with Crippen molar-refractivity contribution in [2.75, 3.05) is 69.7 Å². The van der Waals surface area contributed by atoms with Crippen molar-refractivity contribution >= 4 is 23.1 Å². The molecule has 2 aliphatic rings. The van der Waals surface area contributed by atoms with Crippen molar-refractivity contribution in [2.24, 2.45) is 0 Å². The zero-order valence-electron chi connectivity index (χ0n) is 16.2. The van der Waals surface area contributed by atoms with Gasteiger partial charge in [0.15, 0.2) is 0 Å². The molecule has 28 heavy (non-hydrogen) atoms. The van der Waals surface area contributed by atoms with Gasteiger partial charge in [0, 0.05) is 45.3 Å². The van der Waals surface area contributed by atoms with E-state index in [4.69, 9.17) is 4.74 Å². The maximum absolute atomic E-state index is 12.8. The number of rotatable bonds is 4. The fraction of sp³-hybridized carbons (Fsp3) is 0.450. The number of aromatic nitrogens is 2. The number of amides is 1. The maximum atomic E-state index is 12.8. The molecule has 2 fully saturated rings. The van der Waals surface area contributed by atoms with Crippen LogP contribution in [0.1, 0.15) is 10.5 Å². The normalized spacial score (nSPS) is 18.2. The summed E-state index contributed by atoms with van der Waals surface area (Å²) in [5, 5.41) is 3.36. The third-order valence-electron chi connectivity index (χ3n) is 5.20. The third kappa shape index (κ3) is 4.23. The Morgan fingerprint density at radius 1 is 1.04 bits per heavy atom. The third-order valence-corrected chi connectivity index (χ3v) is 5.20. The molecule has 0 spiro atoms. The van der Waals surface area contributed by atoms with Crippen LogP contribution < -0.4 is 10.2 Å². The standard InChI is InChI=1S/C20H26N6O2/c1-24-6-8-26(9-7-24)20(27)17-14-19(22-15-21-17)23-16-4-2-3-5-18(16)25-10-12-28-13-11-25/h2-5,14-15H,6-13H2,1H3,(H,21,22,23). The molecule has 2 aliphatic heterocycles. The lowest BCUT2D eigenvalue weighted by molar-refractivity contribution is 0.0658. The van der Waals surface area contributed by atoms with E-state index < -0.39 is 0 Å². The van der Waals surface area contributed by atoms with E-state index in [1.54, 1.807) is 6.07 Å². The monoisotopic (exact) mass is 382 g/mol. The van der Waals surface area contributed by atoms with E-state index >= 15 is 0 Å². The van der Waals surface area contributed by atoms with Gasteiger partial charge >= 0.3 is 0 Å². The lowest BCUT2D eigenvalue weighted by atomic mass is 10.2. The van der Waals surface area contributed by atoms with E-state index in [9.17, 15) is 4.79 Å². The number of benzene rings is 1. The van der Waals surface area contributed by atoms with Crippen LogP contribution in [0.3, 0.4) is 0 Å². The highest BCUT2D eigenvalue weighted by Crippen LogP contribution is 2.28. The average Bonchev–Trinajstić information content (AvgIpc) is 2.75. The van der Waals surface area contributed by atoms with Crippen LogP contribution in [0.25, 0.3) is 0 Å². The minimum absolute atomic E-state index is 0.0417. The van der Waals surface area contributed by atoms with Crippen LogP contribution in [-0.2, 0) is 4.74 Å². The highest BCUT2D eigenvalue weighted by molar-refractivity contribution is 5.93. The van der Waals surface area contributed by atoms with E-state index in [0.717, 1.165) is 63.9 Å². The van der Waals surface area contributed by atoms with E-state index in [1.807, 2.05) is 23.1 Å². The Hall–Kier alpha value is -2.71. The van der Waals surface area contributed by atoms with Crippen LogP contribution in [0, 0.1) is 0 Å². The Labute approximate surface area is 165 Å². The number of anilines is 3. The van der Waals surface area contributed by atoms with Crippen LogP contribution in [0.15, 0.2) is 36.7 Å². The molecule has 1 N–H and O–H groups in total. The first-order chi connectivity index (χ1) is 13.7. The van der Waals surface area contributed by atoms with Gasteiger partial charge in [-0.15, -0.1) is 0 Å². The minimum Gasteiger partial charge on any atom is -0.378 e. The molecular weight excluding hydrogens is 356 g/mol. The number of hydrogen-bond donors (Lipinski definition) is 1. The number of carbonyl (C=O) groups excluding carboxylic acids is 1. The molecule has 2 aromatic rings. The van der Waals surface area contributed by atoms with Gasteiger partial charge in [-0.3, -0.25) is 4.79 Å². The first kappa shape index (κ1) is 18.6. The van der Waals surface area contributed by atoms with Gasteiger partial charge in [-0.05, 0) is 19.2 Å². The summed E-state index contributed by atoms with van der Waals surface area (Å²) in [5.74, 6) is 0.577. The van der Waals surface area contributed by atoms with Gasteiger partial charge in [-0.2, -0.15) is 0 Å². The number of para-hydroxylation sites is 2. The van der Waals surface area contributed by atoms with E-state index in [2.05, 4.69) is 38.2 Å². The molecule has 1 amide bonds. The van der Waals surface area contributed by atoms with Crippen molar-refractivity contribution in [3.63, 3.8) is 0 Å². The molecule has 0 aliphatic carbocycles. The number of morpholine rings is 1. The van der Waals surface area contributed by atoms with Crippen LogP contribution in [-0.4, -0.2) is 85.2 Å². The first-order valence-electron chi connectivity index (χ1n) is 9.69. The minimum atomic E-state index is -0.0417. The largest absolute Gasteiger partial charge is 0.378 e. The highest BCUT2D eigenvalue weighted by atomic mass is 16.5. The summed E-state index contributed by atoms with van der Waals surface area (Å²) < 4.78 is 5.46. The van der Waals surface area contributed by atoms with Crippen molar-refractivity contribution < 1.29 is 9.53 Å². The number of ether oxygens (including phenoxy) is 1. The van der Waals surface area contributed by atoms with E-state index in [-0.39, 0.29) is 5.91 Å². The van der Waals surface area contributed by atoms with Gasteiger partial charge in [0.1, 0.15) is 17.8 Å². The van der Waals surface area contributed by atoms with E-state index in [1.165, 1.54) is 6.33 Å². The predicted molar refractivity (Wildman–Crippen MR) is 108 cm³/mol. The molecule has 1 aromatic carbocycles. The molecule has 3 heterocycles. The topological polar surface area (TPSA) is 73.8 Å². The van der Waals surface area contributed by atoms with Gasteiger partial charge in [-0.25, -0.2) is 9.97 Å². The Morgan fingerprint density at radius 2 is 1.79 bits per heavy atom. The molecule has 2 saturated heterocycles. The Morgan fingerprint density at radius 3 is 2.57 bits per heavy atom. The molecule has 0 saturated carbocycles. The lowest BCUT2D eigenvalue weighted by Crippen LogP contribution is -2.47. The molecule has 148 valence electrons. The number of likely N-dealkylation sites (N-methyl/N-ethyl adjacent to an activating group) is 1. The van der Waals surface area contributed by atoms with Crippen molar-refractivity contribution in [3.05, 3.63) is 42.4 Å². The van der Waals surface area contributed by atoms with Gasteiger partial charge in [-0.1, -0.05) is 12.1 Å². The van der Waals surface area contributed by atoms with Gasteiger partial charge < -0.3 is 24.8 Å². The van der Waals surface area contributed by atoms with Crippen LogP contribution in [0.5, 0.6) is 0 Å². The van der Waals surface area contributed by atoms with Gasteiger partial charge in [0.2, 0.25) is 0 Å². The summed E-state index contributed by atoms with van der Waals surface area (Å²) in [6.45, 7) is 6.38. The molecule has 8 nitrogen and oxygen atoms in total. The molecule has 0 bridgehead atoms. The van der Waals surface area contributed by atoms with Crippen molar-refractivity contribution in [1.82, 2.24) is 19.8 Å². The quantitative estimate of drug-likeness (QED) is 0.858.